The van der Waals surface area contributed by atoms with Crippen LogP contribution in [0.1, 0.15) is 71.1 Å². The smallest absolute Gasteiger partial charge is 0.259 e. The van der Waals surface area contributed by atoms with Gasteiger partial charge >= 0.3 is 0 Å². The van der Waals surface area contributed by atoms with Crippen molar-refractivity contribution in [3.05, 3.63) is 40.3 Å². The number of aryl methyl sites for hydroxylation is 2. The molecule has 0 spiro atoms. The van der Waals surface area contributed by atoms with Gasteiger partial charge in [-0.2, -0.15) is 0 Å². The molecule has 0 radical (unpaired) electrons. The van der Waals surface area contributed by atoms with Crippen molar-refractivity contribution in [2.45, 2.75) is 59.0 Å². The van der Waals surface area contributed by atoms with Gasteiger partial charge in [0.2, 0.25) is 5.91 Å². The molecule has 0 unspecified atom stereocenters. The molecule has 8 nitrogen and oxygen atoms in total. The Morgan fingerprint density at radius 3 is 2.75 bits per heavy atom. The van der Waals surface area contributed by atoms with E-state index in [4.69, 9.17) is 9.51 Å². The minimum Gasteiger partial charge on any atom is -0.361 e. The Balaban J connectivity index is 1.55. The first-order chi connectivity index (χ1) is 13.5. The molecule has 2 amide bonds. The van der Waals surface area contributed by atoms with Crippen molar-refractivity contribution >= 4 is 11.8 Å². The molecule has 2 aromatic rings. The predicted molar refractivity (Wildman–Crippen MR) is 100 cm³/mol. The van der Waals surface area contributed by atoms with E-state index in [-0.39, 0.29) is 17.9 Å². The molecule has 8 heteroatoms. The van der Waals surface area contributed by atoms with Crippen LogP contribution in [0.3, 0.4) is 0 Å². The lowest BCUT2D eigenvalue weighted by Gasteiger charge is -2.35. The van der Waals surface area contributed by atoms with Gasteiger partial charge in [0.25, 0.3) is 5.91 Å². The third-order valence-corrected chi connectivity index (χ3v) is 5.69. The molecule has 4 rings (SSSR count). The van der Waals surface area contributed by atoms with E-state index < -0.39 is 0 Å². The van der Waals surface area contributed by atoms with Crippen LogP contribution in [0.25, 0.3) is 0 Å². The standard InChI is InChI=1S/C20H25N5O3/c1-12-18(13(2)28-23-12)20(27)24-9-7-16-15(11-24)10-21-19(22-16)17-6-4-5-8-25(17)14(3)26/h10,17H,4-9,11H2,1-3H3/t17-/m1/s1. The average molecular weight is 383 g/mol. The number of piperidine rings is 1. The summed E-state index contributed by atoms with van der Waals surface area (Å²) in [5.74, 6) is 1.27. The van der Waals surface area contributed by atoms with Crippen LogP contribution in [0.2, 0.25) is 0 Å². The molecule has 0 aliphatic carbocycles. The maximum atomic E-state index is 12.9. The Morgan fingerprint density at radius 2 is 2.04 bits per heavy atom. The predicted octanol–water partition coefficient (Wildman–Crippen LogP) is 2.35. The van der Waals surface area contributed by atoms with Crippen LogP contribution < -0.4 is 0 Å². The molecule has 1 fully saturated rings. The largest absolute Gasteiger partial charge is 0.361 e. The van der Waals surface area contributed by atoms with Crippen LogP contribution in [0, 0.1) is 13.8 Å². The van der Waals surface area contributed by atoms with E-state index in [1.807, 2.05) is 11.1 Å². The van der Waals surface area contributed by atoms with Crippen molar-refractivity contribution in [1.82, 2.24) is 24.9 Å². The lowest BCUT2D eigenvalue weighted by atomic mass is 10.00. The van der Waals surface area contributed by atoms with E-state index in [1.165, 1.54) is 0 Å². The molecule has 2 aliphatic rings. The van der Waals surface area contributed by atoms with Gasteiger partial charge in [-0.3, -0.25) is 9.59 Å². The number of amides is 2. The summed E-state index contributed by atoms with van der Waals surface area (Å²) >= 11 is 0. The fourth-order valence-electron chi connectivity index (χ4n) is 4.19. The Kier molecular flexibility index (Phi) is 4.87. The van der Waals surface area contributed by atoms with E-state index >= 15 is 0 Å². The molecule has 1 atom stereocenters. The molecule has 4 heterocycles. The summed E-state index contributed by atoms with van der Waals surface area (Å²) < 4.78 is 5.13. The maximum Gasteiger partial charge on any atom is 0.259 e. The number of rotatable bonds is 2. The van der Waals surface area contributed by atoms with Crippen molar-refractivity contribution in [3.8, 4) is 0 Å². The zero-order valence-electron chi connectivity index (χ0n) is 16.6. The highest BCUT2D eigenvalue weighted by Gasteiger charge is 2.31. The van der Waals surface area contributed by atoms with Gasteiger partial charge in [-0.1, -0.05) is 5.16 Å². The zero-order valence-corrected chi connectivity index (χ0v) is 16.6. The number of nitrogens with zero attached hydrogens (tertiary/aromatic N) is 5. The lowest BCUT2D eigenvalue weighted by Crippen LogP contribution is -2.39. The summed E-state index contributed by atoms with van der Waals surface area (Å²) in [6.07, 6.45) is 5.49. The Labute approximate surface area is 163 Å². The van der Waals surface area contributed by atoms with Gasteiger partial charge in [0.15, 0.2) is 5.82 Å². The number of carbonyl (C=O) groups is 2. The first-order valence-corrected chi connectivity index (χ1v) is 9.79. The van der Waals surface area contributed by atoms with Crippen molar-refractivity contribution < 1.29 is 14.1 Å². The maximum absolute atomic E-state index is 12.9. The van der Waals surface area contributed by atoms with E-state index in [9.17, 15) is 9.59 Å². The molecule has 0 saturated carbocycles. The molecule has 0 bridgehead atoms. The van der Waals surface area contributed by atoms with Crippen LogP contribution in [0.5, 0.6) is 0 Å². The fourth-order valence-corrected chi connectivity index (χ4v) is 4.19. The SMILES string of the molecule is CC(=O)N1CCCC[C@@H]1c1ncc2c(n1)CCN(C(=O)c1c(C)noc1C)C2. The molecule has 0 N–H and O–H groups in total. The lowest BCUT2D eigenvalue weighted by molar-refractivity contribution is -0.132. The van der Waals surface area contributed by atoms with Crippen LogP contribution in [-0.2, 0) is 17.8 Å². The van der Waals surface area contributed by atoms with Gasteiger partial charge in [-0.25, -0.2) is 9.97 Å². The summed E-state index contributed by atoms with van der Waals surface area (Å²) in [5.41, 5.74) is 3.09. The minimum atomic E-state index is -0.0685. The van der Waals surface area contributed by atoms with Gasteiger partial charge in [-0.15, -0.1) is 0 Å². The van der Waals surface area contributed by atoms with Crippen LogP contribution in [0.4, 0.5) is 0 Å². The van der Waals surface area contributed by atoms with E-state index in [1.54, 1.807) is 25.7 Å². The normalized spacial score (nSPS) is 19.5. The highest BCUT2D eigenvalue weighted by molar-refractivity contribution is 5.96. The number of aromatic nitrogens is 3. The monoisotopic (exact) mass is 383 g/mol. The summed E-state index contributed by atoms with van der Waals surface area (Å²) in [5, 5.41) is 3.88. The second-order valence-electron chi connectivity index (χ2n) is 7.60. The molecule has 0 aromatic carbocycles. The van der Waals surface area contributed by atoms with Crippen molar-refractivity contribution in [3.63, 3.8) is 0 Å². The minimum absolute atomic E-state index is 0.0430. The summed E-state index contributed by atoms with van der Waals surface area (Å²) in [6.45, 7) is 6.97. The highest BCUT2D eigenvalue weighted by atomic mass is 16.5. The summed E-state index contributed by atoms with van der Waals surface area (Å²) in [7, 11) is 0. The Bertz CT molecular complexity index is 903. The van der Waals surface area contributed by atoms with Crippen molar-refractivity contribution in [2.75, 3.05) is 13.1 Å². The second kappa shape index (κ2) is 7.33. The third kappa shape index (κ3) is 3.27. The number of hydrogen-bond donors (Lipinski definition) is 0. The topological polar surface area (TPSA) is 92.4 Å². The van der Waals surface area contributed by atoms with Gasteiger partial charge < -0.3 is 14.3 Å². The molecule has 148 valence electrons. The number of carbonyl (C=O) groups excluding carboxylic acids is 2. The average Bonchev–Trinajstić information content (AvgIpc) is 3.04. The van der Waals surface area contributed by atoms with Gasteiger partial charge in [-0.05, 0) is 33.1 Å². The van der Waals surface area contributed by atoms with Gasteiger partial charge in [0.1, 0.15) is 11.3 Å². The molecular weight excluding hydrogens is 358 g/mol. The second-order valence-corrected chi connectivity index (χ2v) is 7.60. The molecule has 28 heavy (non-hydrogen) atoms. The fraction of sp³-hybridized carbons (Fsp3) is 0.550. The Hall–Kier alpha value is -2.77. The van der Waals surface area contributed by atoms with Gasteiger partial charge in [0.05, 0.1) is 17.4 Å². The Morgan fingerprint density at radius 1 is 1.21 bits per heavy atom. The van der Waals surface area contributed by atoms with E-state index in [2.05, 4.69) is 10.1 Å². The number of hydrogen-bond acceptors (Lipinski definition) is 6. The zero-order chi connectivity index (χ0) is 19.8. The van der Waals surface area contributed by atoms with Crippen LogP contribution >= 0.6 is 0 Å². The van der Waals surface area contributed by atoms with E-state index in [0.29, 0.717) is 36.5 Å². The first kappa shape index (κ1) is 18.6. The van der Waals surface area contributed by atoms with Crippen molar-refractivity contribution in [2.24, 2.45) is 0 Å². The van der Waals surface area contributed by atoms with Crippen molar-refractivity contribution in [1.29, 1.82) is 0 Å². The molecule has 1 saturated heterocycles. The van der Waals surface area contributed by atoms with Gasteiger partial charge in [0, 0.05) is 44.7 Å². The summed E-state index contributed by atoms with van der Waals surface area (Å²) in [6, 6.07) is -0.0430. The highest BCUT2D eigenvalue weighted by Crippen LogP contribution is 2.30. The molecular formula is C20H25N5O3. The van der Waals surface area contributed by atoms with E-state index in [0.717, 1.165) is 42.9 Å². The quantitative estimate of drug-likeness (QED) is 0.790. The number of fused-ring (bicyclic) bond motifs is 1. The summed E-state index contributed by atoms with van der Waals surface area (Å²) in [4.78, 5) is 37.9. The van der Waals surface area contributed by atoms with Crippen LogP contribution in [0.15, 0.2) is 10.7 Å². The first-order valence-electron chi connectivity index (χ1n) is 9.79. The number of likely N-dealkylation sites (tertiary alicyclic amines) is 1. The molecule has 2 aliphatic heterocycles. The molecule has 2 aromatic heterocycles. The van der Waals surface area contributed by atoms with Crippen LogP contribution in [-0.4, -0.2) is 49.8 Å². The third-order valence-electron chi connectivity index (χ3n) is 5.69.